The zero-order valence-corrected chi connectivity index (χ0v) is 7.23. The van der Waals surface area contributed by atoms with Gasteiger partial charge in [0.1, 0.15) is 0 Å². The fourth-order valence-corrected chi connectivity index (χ4v) is 0.422. The van der Waals surface area contributed by atoms with Crippen molar-refractivity contribution in [2.75, 3.05) is 0 Å². The summed E-state index contributed by atoms with van der Waals surface area (Å²) in [7, 11) is 0. The Kier molecular flexibility index (Phi) is 4.08. The normalized spacial score (nSPS) is 13.7. The molecule has 0 heterocycles. The molecule has 2 N–H and O–H groups in total. The first-order valence-corrected chi connectivity index (χ1v) is 4.41. The summed E-state index contributed by atoms with van der Waals surface area (Å²) in [6, 6.07) is -0.184. The van der Waals surface area contributed by atoms with Crippen LogP contribution < -0.4 is 5.73 Å². The van der Waals surface area contributed by atoms with E-state index in [0.29, 0.717) is 0 Å². The molecule has 0 aromatic carbocycles. The van der Waals surface area contributed by atoms with Crippen molar-refractivity contribution in [2.24, 2.45) is 5.73 Å². The van der Waals surface area contributed by atoms with Crippen LogP contribution in [0, 0.1) is 0 Å². The van der Waals surface area contributed by atoms with Crippen LogP contribution in [0.2, 0.25) is 3.98 Å². The van der Waals surface area contributed by atoms with Crippen LogP contribution in [0.5, 0.6) is 0 Å². The van der Waals surface area contributed by atoms with E-state index >= 15 is 0 Å². The van der Waals surface area contributed by atoms with Gasteiger partial charge in [0.2, 0.25) is 0 Å². The second kappa shape index (κ2) is 3.73. The fourth-order valence-electron chi connectivity index (χ4n) is 0.0481. The zero-order chi connectivity index (χ0) is 4.99. The molecular formula is C3H6NOPb. The number of nitrogens with two attached hydrogens (primary N) is 1. The van der Waals surface area contributed by atoms with Gasteiger partial charge in [0.25, 0.3) is 0 Å². The third kappa shape index (κ3) is 2.77. The van der Waals surface area contributed by atoms with E-state index < -0.39 is 0 Å². The van der Waals surface area contributed by atoms with Crippen LogP contribution in [0.3, 0.4) is 0 Å². The summed E-state index contributed by atoms with van der Waals surface area (Å²) in [5.74, 6) is 0. The average molecular weight is 279 g/mol. The number of aldehydes is 1. The third-order valence-corrected chi connectivity index (χ3v) is 2.24. The van der Waals surface area contributed by atoms with Crippen molar-refractivity contribution in [1.82, 2.24) is 0 Å². The van der Waals surface area contributed by atoms with Gasteiger partial charge in [-0.25, -0.2) is 0 Å². The first-order chi connectivity index (χ1) is 2.81. The van der Waals surface area contributed by atoms with Crippen molar-refractivity contribution in [3.63, 3.8) is 0 Å². The number of hydrogen-bond acceptors (Lipinski definition) is 2. The van der Waals surface area contributed by atoms with Gasteiger partial charge in [-0.15, -0.1) is 0 Å². The summed E-state index contributed by atoms with van der Waals surface area (Å²) in [4.78, 5) is 9.63. The van der Waals surface area contributed by atoms with E-state index in [1.54, 1.807) is 0 Å². The van der Waals surface area contributed by atoms with E-state index in [0.717, 1.165) is 36.0 Å². The van der Waals surface area contributed by atoms with Crippen LogP contribution >= 0.6 is 0 Å². The number of hydrogen-bond donors (Lipinski definition) is 1. The molecule has 0 fully saturated rings. The number of carbonyl (C=O) groups excluding carboxylic acids is 1. The van der Waals surface area contributed by atoms with Crippen LogP contribution in [0.15, 0.2) is 0 Å². The van der Waals surface area contributed by atoms with Gasteiger partial charge >= 0.3 is 52.6 Å². The second-order valence-electron chi connectivity index (χ2n) is 1.00. The minimum absolute atomic E-state index is 0.184. The molecule has 2 nitrogen and oxygen atoms in total. The molecule has 1 atom stereocenters. The number of carbonyl (C=O) groups is 1. The molecule has 6 heavy (non-hydrogen) atoms. The number of rotatable bonds is 2. The molecule has 0 saturated carbocycles. The van der Waals surface area contributed by atoms with Crippen molar-refractivity contribution in [1.29, 1.82) is 0 Å². The Balaban J connectivity index is 2.96. The molecule has 3 heteroatoms. The Morgan fingerprint density at radius 1 is 2.00 bits per heavy atom. The molecule has 0 aliphatic rings. The molecule has 0 amide bonds. The van der Waals surface area contributed by atoms with Gasteiger partial charge in [-0.3, -0.25) is 0 Å². The zero-order valence-electron chi connectivity index (χ0n) is 3.35. The van der Waals surface area contributed by atoms with Gasteiger partial charge < -0.3 is 0 Å². The molecule has 0 aliphatic carbocycles. The van der Waals surface area contributed by atoms with E-state index in [1.807, 2.05) is 0 Å². The monoisotopic (exact) mass is 280 g/mol. The van der Waals surface area contributed by atoms with Gasteiger partial charge in [-0.1, -0.05) is 0 Å². The molecule has 0 aromatic rings. The van der Waals surface area contributed by atoms with E-state index in [-0.39, 0.29) is 6.04 Å². The first-order valence-electron chi connectivity index (χ1n) is 1.66. The SMILES string of the molecule is NC(C=O)[CH2][Pb]. The van der Waals surface area contributed by atoms with Crippen LogP contribution in [0.25, 0.3) is 0 Å². The minimum atomic E-state index is -0.184. The van der Waals surface area contributed by atoms with Crippen molar-refractivity contribution in [3.8, 4) is 0 Å². The maximum absolute atomic E-state index is 9.63. The second-order valence-corrected chi connectivity index (χ2v) is 2.59. The van der Waals surface area contributed by atoms with Crippen LogP contribution in [-0.4, -0.2) is 38.1 Å². The van der Waals surface area contributed by atoms with Crippen molar-refractivity contribution >= 4 is 32.1 Å². The standard InChI is InChI=1S/C3H6NO.Pb/c1-3(4)2-5;/h2-3H,1,4H2;. The summed E-state index contributed by atoms with van der Waals surface area (Å²) in [6.07, 6.45) is 0.785. The van der Waals surface area contributed by atoms with Crippen molar-refractivity contribution < 1.29 is 4.79 Å². The molecule has 33 valence electrons. The fraction of sp³-hybridized carbons (Fsp3) is 0.667. The predicted molar refractivity (Wildman–Crippen MR) is 24.6 cm³/mol. The molecule has 1 unspecified atom stereocenters. The summed E-state index contributed by atoms with van der Waals surface area (Å²) < 4.78 is 0.878. The van der Waals surface area contributed by atoms with Gasteiger partial charge in [0, 0.05) is 0 Å². The van der Waals surface area contributed by atoms with Crippen LogP contribution in [0.1, 0.15) is 0 Å². The molecule has 0 saturated heterocycles. The van der Waals surface area contributed by atoms with Gasteiger partial charge in [0.05, 0.1) is 0 Å². The molecule has 0 bridgehead atoms. The Hall–Kier alpha value is 0.552. The first kappa shape index (κ1) is 6.55. The summed E-state index contributed by atoms with van der Waals surface area (Å²) >= 11 is 1.03. The third-order valence-electron chi connectivity index (χ3n) is 0.410. The molecular weight excluding hydrogens is 273 g/mol. The van der Waals surface area contributed by atoms with Crippen molar-refractivity contribution in [3.05, 3.63) is 0 Å². The van der Waals surface area contributed by atoms with Gasteiger partial charge in [0.15, 0.2) is 0 Å². The Morgan fingerprint density at radius 3 is 2.50 bits per heavy atom. The Labute approximate surface area is 52.8 Å². The van der Waals surface area contributed by atoms with Crippen LogP contribution in [-0.2, 0) is 4.79 Å². The van der Waals surface area contributed by atoms with Crippen LogP contribution in [0.4, 0.5) is 0 Å². The van der Waals surface area contributed by atoms with E-state index in [9.17, 15) is 4.79 Å². The molecule has 0 aromatic heterocycles. The Bertz CT molecular complexity index is 48.1. The molecule has 3 radical (unpaired) electrons. The summed E-state index contributed by atoms with van der Waals surface area (Å²) in [6.45, 7) is 0. The van der Waals surface area contributed by atoms with Crippen molar-refractivity contribution in [2.45, 2.75) is 10.0 Å². The van der Waals surface area contributed by atoms with Gasteiger partial charge in [-0.05, 0) is 0 Å². The maximum atomic E-state index is 9.63. The van der Waals surface area contributed by atoms with Gasteiger partial charge in [-0.2, -0.15) is 0 Å². The topological polar surface area (TPSA) is 43.1 Å². The van der Waals surface area contributed by atoms with E-state index in [4.69, 9.17) is 5.73 Å². The van der Waals surface area contributed by atoms with E-state index in [1.165, 1.54) is 0 Å². The molecule has 0 spiro atoms. The summed E-state index contributed by atoms with van der Waals surface area (Å²) in [5.41, 5.74) is 5.14. The average Bonchev–Trinajstić information content (AvgIpc) is 1.65. The quantitative estimate of drug-likeness (QED) is 0.526. The molecule has 0 rings (SSSR count). The Morgan fingerprint density at radius 2 is 2.50 bits per heavy atom. The summed E-state index contributed by atoms with van der Waals surface area (Å²) in [5, 5.41) is 0. The molecule has 0 aliphatic heterocycles. The predicted octanol–water partition coefficient (Wildman–Crippen LogP) is -0.901. The van der Waals surface area contributed by atoms with E-state index in [2.05, 4.69) is 0 Å².